The van der Waals surface area contributed by atoms with Crippen LogP contribution in [-0.4, -0.2) is 25.1 Å². The van der Waals surface area contributed by atoms with E-state index in [0.29, 0.717) is 27.0 Å². The van der Waals surface area contributed by atoms with Crippen LogP contribution in [0.4, 0.5) is 5.69 Å². The van der Waals surface area contributed by atoms with Crippen molar-refractivity contribution >= 4 is 40.8 Å². The summed E-state index contributed by atoms with van der Waals surface area (Å²) in [6.45, 7) is 1.76. The van der Waals surface area contributed by atoms with Gasteiger partial charge in [0.25, 0.3) is 5.91 Å². The van der Waals surface area contributed by atoms with Crippen molar-refractivity contribution in [3.8, 4) is 5.75 Å². The first-order chi connectivity index (χ1) is 11.5. The third-order valence-electron chi connectivity index (χ3n) is 2.91. The lowest BCUT2D eigenvalue weighted by molar-refractivity contribution is -0.118. The molecule has 0 aliphatic rings. The van der Waals surface area contributed by atoms with Crippen LogP contribution in [0.15, 0.2) is 42.5 Å². The molecular weight excluding hydrogens is 353 g/mol. The Hall–Kier alpha value is -2.24. The van der Waals surface area contributed by atoms with Gasteiger partial charge in [-0.3, -0.25) is 4.79 Å². The average Bonchev–Trinajstić information content (AvgIpc) is 2.56. The maximum absolute atomic E-state index is 12.0. The lowest BCUT2D eigenvalue weighted by atomic mass is 10.2. The van der Waals surface area contributed by atoms with Gasteiger partial charge in [-0.05, 0) is 37.3 Å². The Morgan fingerprint density at radius 2 is 1.92 bits per heavy atom. The Bertz CT molecular complexity index is 749. The van der Waals surface area contributed by atoms with E-state index in [9.17, 15) is 9.59 Å². The second kappa shape index (κ2) is 8.57. The molecule has 1 N–H and O–H groups in total. The number of rotatable bonds is 6. The SMILES string of the molecule is CCOC(=O)c1cccc(NC(=O)COc2cc(Cl)ccc2Cl)c1. The molecule has 0 saturated carbocycles. The number of carbonyl (C=O) groups excluding carboxylic acids is 2. The molecule has 0 saturated heterocycles. The minimum Gasteiger partial charge on any atom is -0.482 e. The number of esters is 1. The number of benzene rings is 2. The minimum atomic E-state index is -0.449. The van der Waals surface area contributed by atoms with E-state index in [1.165, 1.54) is 12.1 Å². The molecule has 0 unspecified atom stereocenters. The average molecular weight is 368 g/mol. The third-order valence-corrected chi connectivity index (χ3v) is 3.46. The fourth-order valence-corrected chi connectivity index (χ4v) is 2.20. The van der Waals surface area contributed by atoms with Crippen molar-refractivity contribution in [2.45, 2.75) is 6.92 Å². The zero-order valence-electron chi connectivity index (χ0n) is 12.8. The van der Waals surface area contributed by atoms with Gasteiger partial charge >= 0.3 is 5.97 Å². The van der Waals surface area contributed by atoms with Gasteiger partial charge in [-0.2, -0.15) is 0 Å². The van der Waals surface area contributed by atoms with Gasteiger partial charge in [0.05, 0.1) is 17.2 Å². The summed E-state index contributed by atoms with van der Waals surface area (Å²) in [7, 11) is 0. The van der Waals surface area contributed by atoms with Crippen LogP contribution in [0.1, 0.15) is 17.3 Å². The van der Waals surface area contributed by atoms with Crippen LogP contribution >= 0.6 is 23.2 Å². The summed E-state index contributed by atoms with van der Waals surface area (Å²) in [4.78, 5) is 23.6. The van der Waals surface area contributed by atoms with Crippen LogP contribution in [0, 0.1) is 0 Å². The normalized spacial score (nSPS) is 10.1. The molecule has 0 heterocycles. The second-order valence-electron chi connectivity index (χ2n) is 4.71. The second-order valence-corrected chi connectivity index (χ2v) is 5.56. The number of amides is 1. The zero-order valence-corrected chi connectivity index (χ0v) is 14.4. The first-order valence-corrected chi connectivity index (χ1v) is 7.90. The Kier molecular flexibility index (Phi) is 6.46. The molecule has 0 fully saturated rings. The van der Waals surface area contributed by atoms with Gasteiger partial charge in [-0.15, -0.1) is 0 Å². The first kappa shape index (κ1) is 18.1. The monoisotopic (exact) mass is 367 g/mol. The molecule has 0 atom stereocenters. The predicted molar refractivity (Wildman–Crippen MR) is 93.0 cm³/mol. The molecule has 2 aromatic carbocycles. The summed E-state index contributed by atoms with van der Waals surface area (Å²) in [5.74, 6) is -0.526. The van der Waals surface area contributed by atoms with Crippen molar-refractivity contribution in [1.82, 2.24) is 0 Å². The van der Waals surface area contributed by atoms with Crippen molar-refractivity contribution in [1.29, 1.82) is 0 Å². The van der Waals surface area contributed by atoms with Gasteiger partial charge in [0.1, 0.15) is 5.75 Å². The quantitative estimate of drug-likeness (QED) is 0.777. The molecule has 126 valence electrons. The first-order valence-electron chi connectivity index (χ1n) is 7.14. The highest BCUT2D eigenvalue weighted by Crippen LogP contribution is 2.27. The zero-order chi connectivity index (χ0) is 17.5. The molecular formula is C17H15Cl2NO4. The maximum Gasteiger partial charge on any atom is 0.338 e. The number of nitrogens with one attached hydrogen (secondary N) is 1. The fourth-order valence-electron chi connectivity index (χ4n) is 1.87. The van der Waals surface area contributed by atoms with Crippen LogP contribution < -0.4 is 10.1 Å². The van der Waals surface area contributed by atoms with Crippen molar-refractivity contribution < 1.29 is 19.1 Å². The van der Waals surface area contributed by atoms with Crippen LogP contribution in [0.5, 0.6) is 5.75 Å². The molecule has 0 spiro atoms. The molecule has 1 amide bonds. The molecule has 0 aromatic heterocycles. The van der Waals surface area contributed by atoms with E-state index in [4.69, 9.17) is 32.7 Å². The predicted octanol–water partition coefficient (Wildman–Crippen LogP) is 4.19. The smallest absolute Gasteiger partial charge is 0.338 e. The minimum absolute atomic E-state index is 0.246. The number of hydrogen-bond donors (Lipinski definition) is 1. The van der Waals surface area contributed by atoms with E-state index in [1.807, 2.05) is 0 Å². The Morgan fingerprint density at radius 3 is 2.67 bits per heavy atom. The molecule has 7 heteroatoms. The molecule has 0 radical (unpaired) electrons. The number of anilines is 1. The molecule has 24 heavy (non-hydrogen) atoms. The lowest BCUT2D eigenvalue weighted by Gasteiger charge is -2.10. The summed E-state index contributed by atoms with van der Waals surface area (Å²) in [6.07, 6.45) is 0. The third kappa shape index (κ3) is 5.15. The van der Waals surface area contributed by atoms with Gasteiger partial charge in [0.15, 0.2) is 6.61 Å². The van der Waals surface area contributed by atoms with Gasteiger partial charge in [0.2, 0.25) is 0 Å². The molecule has 0 bridgehead atoms. The Labute approximate surface area is 149 Å². The van der Waals surface area contributed by atoms with E-state index in [2.05, 4.69) is 5.32 Å². The molecule has 2 rings (SSSR count). The number of carbonyl (C=O) groups is 2. The largest absolute Gasteiger partial charge is 0.482 e. The molecule has 2 aromatic rings. The van der Waals surface area contributed by atoms with Crippen LogP contribution in [0.2, 0.25) is 10.0 Å². The molecule has 5 nitrogen and oxygen atoms in total. The van der Waals surface area contributed by atoms with E-state index < -0.39 is 11.9 Å². The van der Waals surface area contributed by atoms with Crippen molar-refractivity contribution in [2.75, 3.05) is 18.5 Å². The lowest BCUT2D eigenvalue weighted by Crippen LogP contribution is -2.20. The number of hydrogen-bond acceptors (Lipinski definition) is 4. The van der Waals surface area contributed by atoms with E-state index in [1.54, 1.807) is 37.3 Å². The summed E-state index contributed by atoms with van der Waals surface area (Å²) < 4.78 is 10.3. The summed E-state index contributed by atoms with van der Waals surface area (Å²) in [6, 6.07) is 11.2. The number of halogens is 2. The summed E-state index contributed by atoms with van der Waals surface area (Å²) in [5, 5.41) is 3.45. The highest BCUT2D eigenvalue weighted by molar-refractivity contribution is 6.34. The maximum atomic E-state index is 12.0. The van der Waals surface area contributed by atoms with Crippen molar-refractivity contribution in [3.05, 3.63) is 58.1 Å². The van der Waals surface area contributed by atoms with Gasteiger partial charge in [-0.25, -0.2) is 4.79 Å². The van der Waals surface area contributed by atoms with Gasteiger partial charge in [0, 0.05) is 16.8 Å². The van der Waals surface area contributed by atoms with E-state index in [-0.39, 0.29) is 13.2 Å². The Morgan fingerprint density at radius 1 is 1.12 bits per heavy atom. The highest BCUT2D eigenvalue weighted by atomic mass is 35.5. The molecule has 0 aliphatic heterocycles. The van der Waals surface area contributed by atoms with Crippen molar-refractivity contribution in [2.24, 2.45) is 0 Å². The van der Waals surface area contributed by atoms with Crippen molar-refractivity contribution in [3.63, 3.8) is 0 Å². The van der Waals surface area contributed by atoms with Crippen LogP contribution in [0.25, 0.3) is 0 Å². The Balaban J connectivity index is 1.96. The highest BCUT2D eigenvalue weighted by Gasteiger charge is 2.10. The standard InChI is InChI=1S/C17H15Cl2NO4/c1-2-23-17(22)11-4-3-5-13(8-11)20-16(21)10-24-15-9-12(18)6-7-14(15)19/h3-9H,2,10H2,1H3,(H,20,21). The summed E-state index contributed by atoms with van der Waals surface area (Å²) >= 11 is 11.8. The van der Waals surface area contributed by atoms with Gasteiger partial charge < -0.3 is 14.8 Å². The van der Waals surface area contributed by atoms with Crippen LogP contribution in [0.3, 0.4) is 0 Å². The summed E-state index contributed by atoms with van der Waals surface area (Å²) in [5.41, 5.74) is 0.819. The topological polar surface area (TPSA) is 64.6 Å². The number of ether oxygens (including phenoxy) is 2. The van der Waals surface area contributed by atoms with Crippen LogP contribution in [-0.2, 0) is 9.53 Å². The van der Waals surface area contributed by atoms with E-state index in [0.717, 1.165) is 0 Å². The fraction of sp³-hybridized carbons (Fsp3) is 0.176. The molecule has 0 aliphatic carbocycles. The van der Waals surface area contributed by atoms with E-state index >= 15 is 0 Å². The van der Waals surface area contributed by atoms with Gasteiger partial charge in [-0.1, -0.05) is 29.3 Å².